The lowest BCUT2D eigenvalue weighted by molar-refractivity contribution is -0.152. The van der Waals surface area contributed by atoms with Crippen molar-refractivity contribution < 1.29 is 23.9 Å². The lowest BCUT2D eigenvalue weighted by Crippen LogP contribution is -2.59. The minimum atomic E-state index is -0.784. The number of aromatic nitrogens is 1. The third-order valence-corrected chi connectivity index (χ3v) is 6.97. The van der Waals surface area contributed by atoms with E-state index in [1.165, 1.54) is 6.20 Å². The highest BCUT2D eigenvalue weighted by atomic mass is 16.6. The summed E-state index contributed by atoms with van der Waals surface area (Å²) in [6.45, 7) is 11.5. The SMILES string of the molecule is CC(C)C(=O)N1C[C@H](c2ccccc2)N(C(=O)C(=O)Nc2cnc(NC(=O)OC(C)(C)C)c(C3CC3)c2)C[C@H]1C. The molecule has 4 amide bonds. The molecule has 0 bridgehead atoms. The molecule has 1 aliphatic carbocycles. The Bertz CT molecular complexity index is 1270. The minimum absolute atomic E-state index is 0.0174. The molecule has 2 aromatic rings. The molecule has 1 aromatic carbocycles. The summed E-state index contributed by atoms with van der Waals surface area (Å²) in [6, 6.07) is 10.5. The summed E-state index contributed by atoms with van der Waals surface area (Å²) in [5, 5.41) is 5.40. The maximum atomic E-state index is 13.5. The summed E-state index contributed by atoms with van der Waals surface area (Å²) in [5.41, 5.74) is 1.36. The largest absolute Gasteiger partial charge is 0.444 e. The number of hydrogen-bond acceptors (Lipinski definition) is 6. The predicted molar refractivity (Wildman–Crippen MR) is 152 cm³/mol. The quantitative estimate of drug-likeness (QED) is 0.522. The number of nitrogens with zero attached hydrogens (tertiary/aromatic N) is 3. The van der Waals surface area contributed by atoms with Crippen molar-refractivity contribution in [3.05, 3.63) is 53.7 Å². The third kappa shape index (κ3) is 6.97. The van der Waals surface area contributed by atoms with Gasteiger partial charge in [-0.15, -0.1) is 0 Å². The van der Waals surface area contributed by atoms with Gasteiger partial charge in [-0.2, -0.15) is 0 Å². The van der Waals surface area contributed by atoms with Crippen LogP contribution >= 0.6 is 0 Å². The van der Waals surface area contributed by atoms with E-state index in [1.54, 1.807) is 36.6 Å². The molecule has 1 saturated heterocycles. The van der Waals surface area contributed by atoms with Crippen LogP contribution in [0.5, 0.6) is 0 Å². The maximum Gasteiger partial charge on any atom is 0.413 e. The van der Waals surface area contributed by atoms with Gasteiger partial charge in [0, 0.05) is 30.6 Å². The highest BCUT2D eigenvalue weighted by Gasteiger charge is 2.40. The molecule has 10 heteroatoms. The van der Waals surface area contributed by atoms with Crippen molar-refractivity contribution in [2.75, 3.05) is 23.7 Å². The fraction of sp³-hybridized carbons (Fsp3) is 0.500. The molecule has 1 aliphatic heterocycles. The number of pyridine rings is 1. The number of hydrogen-bond donors (Lipinski definition) is 2. The van der Waals surface area contributed by atoms with E-state index in [1.807, 2.05) is 51.1 Å². The zero-order valence-electron chi connectivity index (χ0n) is 24.1. The van der Waals surface area contributed by atoms with Crippen molar-refractivity contribution in [2.24, 2.45) is 5.92 Å². The van der Waals surface area contributed by atoms with Crippen LogP contribution in [0.1, 0.15) is 77.5 Å². The molecular weight excluding hydrogens is 510 g/mol. The van der Waals surface area contributed by atoms with Crippen LogP contribution in [0.4, 0.5) is 16.3 Å². The third-order valence-electron chi connectivity index (χ3n) is 6.97. The molecule has 4 rings (SSSR count). The highest BCUT2D eigenvalue weighted by Crippen LogP contribution is 2.43. The number of benzene rings is 1. The van der Waals surface area contributed by atoms with Crippen LogP contribution in [0.2, 0.25) is 0 Å². The van der Waals surface area contributed by atoms with E-state index in [9.17, 15) is 19.2 Å². The first-order chi connectivity index (χ1) is 18.8. The molecule has 0 radical (unpaired) electrons. The molecule has 214 valence electrons. The molecule has 40 heavy (non-hydrogen) atoms. The van der Waals surface area contributed by atoms with Crippen molar-refractivity contribution >= 4 is 35.3 Å². The van der Waals surface area contributed by atoms with Gasteiger partial charge in [0.15, 0.2) is 0 Å². The van der Waals surface area contributed by atoms with Crippen LogP contribution in [0, 0.1) is 5.92 Å². The molecule has 2 atom stereocenters. The number of nitrogens with one attached hydrogen (secondary N) is 2. The first kappa shape index (κ1) is 29.0. The number of amides is 4. The van der Waals surface area contributed by atoms with Gasteiger partial charge in [0.2, 0.25) is 5.91 Å². The molecule has 0 spiro atoms. The number of carbonyl (C=O) groups excluding carboxylic acids is 4. The summed E-state index contributed by atoms with van der Waals surface area (Å²) in [7, 11) is 0. The number of carbonyl (C=O) groups is 4. The Morgan fingerprint density at radius 2 is 1.68 bits per heavy atom. The van der Waals surface area contributed by atoms with Crippen molar-refractivity contribution in [3.63, 3.8) is 0 Å². The van der Waals surface area contributed by atoms with E-state index >= 15 is 0 Å². The average Bonchev–Trinajstić information content (AvgIpc) is 3.73. The molecule has 0 unspecified atom stereocenters. The van der Waals surface area contributed by atoms with Crippen LogP contribution in [0.3, 0.4) is 0 Å². The van der Waals surface area contributed by atoms with Crippen LogP contribution in [0.15, 0.2) is 42.6 Å². The maximum absolute atomic E-state index is 13.5. The summed E-state index contributed by atoms with van der Waals surface area (Å²) >= 11 is 0. The van der Waals surface area contributed by atoms with E-state index < -0.39 is 29.6 Å². The summed E-state index contributed by atoms with van der Waals surface area (Å²) in [6.07, 6.45) is 2.69. The second-order valence-electron chi connectivity index (χ2n) is 11.9. The van der Waals surface area contributed by atoms with E-state index in [0.29, 0.717) is 18.1 Å². The fourth-order valence-electron chi connectivity index (χ4n) is 4.87. The van der Waals surface area contributed by atoms with Crippen LogP contribution in [-0.4, -0.2) is 63.3 Å². The number of anilines is 2. The second-order valence-corrected chi connectivity index (χ2v) is 11.9. The Balaban J connectivity index is 1.52. The Kier molecular flexibility index (Phi) is 8.46. The van der Waals surface area contributed by atoms with Crippen LogP contribution in [0.25, 0.3) is 0 Å². The monoisotopic (exact) mass is 549 g/mol. The molecule has 10 nitrogen and oxygen atoms in total. The smallest absolute Gasteiger partial charge is 0.413 e. The molecule has 2 N–H and O–H groups in total. The fourth-order valence-corrected chi connectivity index (χ4v) is 4.87. The summed E-state index contributed by atoms with van der Waals surface area (Å²) in [4.78, 5) is 59.7. The molecule has 1 saturated carbocycles. The van der Waals surface area contributed by atoms with Gasteiger partial charge in [0.1, 0.15) is 11.4 Å². The second kappa shape index (κ2) is 11.7. The van der Waals surface area contributed by atoms with Crippen molar-refractivity contribution in [2.45, 2.75) is 78.0 Å². The van der Waals surface area contributed by atoms with Gasteiger partial charge in [-0.25, -0.2) is 9.78 Å². The van der Waals surface area contributed by atoms with E-state index in [4.69, 9.17) is 4.74 Å². The van der Waals surface area contributed by atoms with E-state index in [2.05, 4.69) is 15.6 Å². The number of piperazine rings is 1. The highest BCUT2D eigenvalue weighted by molar-refractivity contribution is 6.39. The van der Waals surface area contributed by atoms with Gasteiger partial charge < -0.3 is 19.9 Å². The number of rotatable bonds is 5. The Hall–Kier alpha value is -3.95. The standard InChI is InChI=1S/C30H39N5O5/c1-18(2)27(37)34-17-24(21-10-8-7-9-11-21)35(16-19(34)3)28(38)26(36)32-22-14-23(20-12-13-20)25(31-15-22)33-29(39)40-30(4,5)6/h7-11,14-15,18-20,24H,12-13,16-17H2,1-6H3,(H,32,36)(H,31,33,39)/t19-,24-/m1/s1. The topological polar surface area (TPSA) is 121 Å². The predicted octanol–water partition coefficient (Wildman–Crippen LogP) is 4.70. The summed E-state index contributed by atoms with van der Waals surface area (Å²) in [5.74, 6) is -1.03. The molecule has 1 aromatic heterocycles. The van der Waals surface area contributed by atoms with Gasteiger partial charge in [-0.1, -0.05) is 44.2 Å². The van der Waals surface area contributed by atoms with Crippen molar-refractivity contribution in [1.29, 1.82) is 0 Å². The molecule has 2 fully saturated rings. The summed E-state index contributed by atoms with van der Waals surface area (Å²) < 4.78 is 5.35. The van der Waals surface area contributed by atoms with Gasteiger partial charge in [0.25, 0.3) is 0 Å². The zero-order chi connectivity index (χ0) is 29.2. The average molecular weight is 550 g/mol. The van der Waals surface area contributed by atoms with E-state index in [-0.39, 0.29) is 30.3 Å². The van der Waals surface area contributed by atoms with Crippen molar-refractivity contribution in [1.82, 2.24) is 14.8 Å². The van der Waals surface area contributed by atoms with E-state index in [0.717, 1.165) is 24.0 Å². The van der Waals surface area contributed by atoms with Crippen molar-refractivity contribution in [3.8, 4) is 0 Å². The minimum Gasteiger partial charge on any atom is -0.444 e. The normalized spacial score (nSPS) is 19.3. The molecular formula is C30H39N5O5. The lowest BCUT2D eigenvalue weighted by atomic mass is 9.98. The molecule has 2 aliphatic rings. The Morgan fingerprint density at radius 3 is 2.27 bits per heavy atom. The van der Waals surface area contributed by atoms with Crippen LogP contribution < -0.4 is 10.6 Å². The van der Waals surface area contributed by atoms with Gasteiger partial charge >= 0.3 is 17.9 Å². The Morgan fingerprint density at radius 1 is 1.00 bits per heavy atom. The first-order valence-electron chi connectivity index (χ1n) is 13.8. The zero-order valence-corrected chi connectivity index (χ0v) is 24.1. The van der Waals surface area contributed by atoms with Crippen LogP contribution in [-0.2, 0) is 19.1 Å². The Labute approximate surface area is 235 Å². The van der Waals surface area contributed by atoms with Gasteiger partial charge in [0.05, 0.1) is 17.9 Å². The number of ether oxygens (including phenoxy) is 1. The first-order valence-corrected chi connectivity index (χ1v) is 13.8. The lowest BCUT2D eigenvalue weighted by Gasteiger charge is -2.45. The molecule has 2 heterocycles. The van der Waals surface area contributed by atoms with Gasteiger partial charge in [-0.05, 0) is 58.1 Å². The van der Waals surface area contributed by atoms with Gasteiger partial charge in [-0.3, -0.25) is 19.7 Å².